The Labute approximate surface area is 83.1 Å². The van der Waals surface area contributed by atoms with Gasteiger partial charge in [0.1, 0.15) is 0 Å². The maximum absolute atomic E-state index is 12.2. The van der Waals surface area contributed by atoms with Crippen LogP contribution < -0.4 is 0 Å². The summed E-state index contributed by atoms with van der Waals surface area (Å²) in [6.45, 7) is 0. The Hall–Kier alpha value is -0.880. The summed E-state index contributed by atoms with van der Waals surface area (Å²) in [7, 11) is 0. The van der Waals surface area contributed by atoms with E-state index in [1.807, 2.05) is 0 Å². The normalized spacial score (nSPS) is 20.1. The average molecular weight is 234 g/mol. The van der Waals surface area contributed by atoms with Gasteiger partial charge in [0.15, 0.2) is 0 Å². The third kappa shape index (κ3) is 7.10. The molecule has 0 aliphatic heterocycles. The van der Waals surface area contributed by atoms with Gasteiger partial charge >= 0.3 is 12.1 Å². The Balaban J connectivity index is 0.000000265. The highest BCUT2D eigenvalue weighted by Crippen LogP contribution is 2.32. The van der Waals surface area contributed by atoms with Crippen LogP contribution >= 0.6 is 0 Å². The van der Waals surface area contributed by atoms with E-state index in [2.05, 4.69) is 0 Å². The summed E-state index contributed by atoms with van der Waals surface area (Å²) >= 11 is 0. The van der Waals surface area contributed by atoms with E-state index >= 15 is 0 Å². The van der Waals surface area contributed by atoms with Crippen LogP contribution in [0.25, 0.3) is 0 Å². The van der Waals surface area contributed by atoms with E-state index in [0.717, 1.165) is 6.42 Å². The minimum absolute atomic E-state index is 0.118. The van der Waals surface area contributed by atoms with Crippen molar-refractivity contribution in [2.45, 2.75) is 44.2 Å². The van der Waals surface area contributed by atoms with Gasteiger partial charge in [-0.2, -0.15) is 13.2 Å². The van der Waals surface area contributed by atoms with Crippen molar-refractivity contribution < 1.29 is 31.9 Å². The van der Waals surface area contributed by atoms with Crippen LogP contribution in [0, 0.1) is 0 Å². The van der Waals surface area contributed by atoms with Gasteiger partial charge < -0.3 is 5.11 Å². The second-order valence-electron chi connectivity index (χ2n) is 3.22. The lowest BCUT2D eigenvalue weighted by atomic mass is 9.97. The second-order valence-corrected chi connectivity index (χ2v) is 3.22. The Morgan fingerprint density at radius 1 is 1.07 bits per heavy atom. The summed E-state index contributed by atoms with van der Waals surface area (Å²) in [5, 5.41) is 7.12. The van der Waals surface area contributed by atoms with Gasteiger partial charge in [0.2, 0.25) is 5.92 Å². The standard InChI is InChI=1S/C6H10F2.C2HF3O2/c7-6(8)4-2-1-3-5-6;3-2(4,5)1(6)7/h1-5H2;(H,6,7). The van der Waals surface area contributed by atoms with Crippen LogP contribution in [0.15, 0.2) is 0 Å². The van der Waals surface area contributed by atoms with Crippen LogP contribution in [-0.4, -0.2) is 23.2 Å². The molecule has 0 heterocycles. The van der Waals surface area contributed by atoms with E-state index in [1.165, 1.54) is 0 Å². The minimum Gasteiger partial charge on any atom is -0.475 e. The van der Waals surface area contributed by atoms with Crippen LogP contribution in [0.3, 0.4) is 0 Å². The molecule has 0 aromatic heterocycles. The lowest BCUT2D eigenvalue weighted by Crippen LogP contribution is -2.21. The molecule has 1 rings (SSSR count). The zero-order valence-electron chi connectivity index (χ0n) is 7.78. The van der Waals surface area contributed by atoms with Gasteiger partial charge in [-0.15, -0.1) is 0 Å². The summed E-state index contributed by atoms with van der Waals surface area (Å²) in [6, 6.07) is 0. The smallest absolute Gasteiger partial charge is 0.475 e. The summed E-state index contributed by atoms with van der Waals surface area (Å²) in [5.41, 5.74) is 0. The molecule has 0 atom stereocenters. The fraction of sp³-hybridized carbons (Fsp3) is 0.875. The molecule has 0 aromatic rings. The third-order valence-electron chi connectivity index (χ3n) is 1.83. The number of carboxylic acid groups (broad SMARTS) is 1. The highest BCUT2D eigenvalue weighted by atomic mass is 19.4. The molecular weight excluding hydrogens is 223 g/mol. The Bertz CT molecular complexity index is 204. The summed E-state index contributed by atoms with van der Waals surface area (Å²) in [4.78, 5) is 8.90. The molecule has 90 valence electrons. The van der Waals surface area contributed by atoms with Gasteiger partial charge in [-0.3, -0.25) is 0 Å². The largest absolute Gasteiger partial charge is 0.490 e. The average Bonchev–Trinajstić information content (AvgIpc) is 2.02. The predicted octanol–water partition coefficient (Wildman–Crippen LogP) is 3.22. The number of halogens is 5. The van der Waals surface area contributed by atoms with Crippen molar-refractivity contribution in [1.29, 1.82) is 0 Å². The zero-order valence-corrected chi connectivity index (χ0v) is 7.78. The van der Waals surface area contributed by atoms with Crippen molar-refractivity contribution in [3.63, 3.8) is 0 Å². The Kier molecular flexibility index (Phi) is 4.96. The number of alkyl halides is 5. The van der Waals surface area contributed by atoms with E-state index in [0.29, 0.717) is 12.8 Å². The highest BCUT2D eigenvalue weighted by Gasteiger charge is 2.38. The summed E-state index contributed by atoms with van der Waals surface area (Å²) in [5.74, 6) is -5.08. The number of hydrogen-bond donors (Lipinski definition) is 1. The number of rotatable bonds is 0. The molecule has 0 saturated heterocycles. The maximum atomic E-state index is 12.2. The quantitative estimate of drug-likeness (QED) is 0.653. The first-order valence-electron chi connectivity index (χ1n) is 4.33. The lowest BCUT2D eigenvalue weighted by molar-refractivity contribution is -0.192. The van der Waals surface area contributed by atoms with E-state index in [1.54, 1.807) is 0 Å². The molecule has 1 aliphatic rings. The highest BCUT2D eigenvalue weighted by molar-refractivity contribution is 5.73. The van der Waals surface area contributed by atoms with Crippen LogP contribution in [0.5, 0.6) is 0 Å². The van der Waals surface area contributed by atoms with E-state index in [9.17, 15) is 22.0 Å². The fourth-order valence-electron chi connectivity index (χ4n) is 1.07. The molecule has 2 nitrogen and oxygen atoms in total. The molecule has 0 spiro atoms. The fourth-order valence-corrected chi connectivity index (χ4v) is 1.07. The lowest BCUT2D eigenvalue weighted by Gasteiger charge is -2.20. The minimum atomic E-state index is -5.08. The van der Waals surface area contributed by atoms with Gasteiger partial charge in [0.05, 0.1) is 0 Å². The van der Waals surface area contributed by atoms with Crippen molar-refractivity contribution >= 4 is 5.97 Å². The van der Waals surface area contributed by atoms with Crippen molar-refractivity contribution in [3.8, 4) is 0 Å². The molecule has 0 radical (unpaired) electrons. The SMILES string of the molecule is FC1(F)CCCCC1.O=C(O)C(F)(F)F. The monoisotopic (exact) mass is 234 g/mol. The molecule has 0 unspecified atom stereocenters. The summed E-state index contributed by atoms with van der Waals surface area (Å²) in [6.07, 6.45) is -2.42. The molecule has 7 heteroatoms. The maximum Gasteiger partial charge on any atom is 0.490 e. The molecule has 15 heavy (non-hydrogen) atoms. The van der Waals surface area contributed by atoms with Gasteiger partial charge in [-0.05, 0) is 12.8 Å². The number of carboxylic acids is 1. The van der Waals surface area contributed by atoms with Gasteiger partial charge in [-0.1, -0.05) is 6.42 Å². The summed E-state index contributed by atoms with van der Waals surface area (Å²) < 4.78 is 56.1. The van der Waals surface area contributed by atoms with Crippen LogP contribution in [0.2, 0.25) is 0 Å². The van der Waals surface area contributed by atoms with Gasteiger partial charge in [-0.25, -0.2) is 13.6 Å². The van der Waals surface area contributed by atoms with Crippen LogP contribution in [0.1, 0.15) is 32.1 Å². The van der Waals surface area contributed by atoms with Crippen molar-refractivity contribution in [3.05, 3.63) is 0 Å². The number of carbonyl (C=O) groups is 1. The zero-order chi connectivity index (χ0) is 12.1. The number of aliphatic carboxylic acids is 1. The molecule has 1 aliphatic carbocycles. The molecule has 0 aromatic carbocycles. The van der Waals surface area contributed by atoms with Crippen LogP contribution in [0.4, 0.5) is 22.0 Å². The molecule has 0 bridgehead atoms. The second kappa shape index (κ2) is 5.27. The number of hydrogen-bond acceptors (Lipinski definition) is 1. The Morgan fingerprint density at radius 2 is 1.40 bits per heavy atom. The van der Waals surface area contributed by atoms with Crippen molar-refractivity contribution in [2.24, 2.45) is 0 Å². The van der Waals surface area contributed by atoms with E-state index in [4.69, 9.17) is 9.90 Å². The molecule has 1 fully saturated rings. The van der Waals surface area contributed by atoms with Gasteiger partial charge in [0.25, 0.3) is 0 Å². The first kappa shape index (κ1) is 14.1. The van der Waals surface area contributed by atoms with E-state index in [-0.39, 0.29) is 12.8 Å². The van der Waals surface area contributed by atoms with Crippen molar-refractivity contribution in [1.82, 2.24) is 0 Å². The molecule has 0 amide bonds. The van der Waals surface area contributed by atoms with Crippen molar-refractivity contribution in [2.75, 3.05) is 0 Å². The van der Waals surface area contributed by atoms with Crippen LogP contribution in [-0.2, 0) is 4.79 Å². The first-order chi connectivity index (χ1) is 6.65. The van der Waals surface area contributed by atoms with E-state index < -0.39 is 18.1 Å². The van der Waals surface area contributed by atoms with Gasteiger partial charge in [0, 0.05) is 12.8 Å². The third-order valence-corrected chi connectivity index (χ3v) is 1.83. The Morgan fingerprint density at radius 3 is 1.53 bits per heavy atom. The predicted molar refractivity (Wildman–Crippen MR) is 41.7 cm³/mol. The molecule has 1 N–H and O–H groups in total. The topological polar surface area (TPSA) is 37.3 Å². The molecule has 1 saturated carbocycles. The molecular formula is C8H11F5O2. The first-order valence-corrected chi connectivity index (χ1v) is 4.33.